The summed E-state index contributed by atoms with van der Waals surface area (Å²) in [7, 11) is 0. The van der Waals surface area contributed by atoms with Gasteiger partial charge in [-0.25, -0.2) is 0 Å². The van der Waals surface area contributed by atoms with Crippen molar-refractivity contribution in [1.29, 1.82) is 0 Å². The van der Waals surface area contributed by atoms with Gasteiger partial charge in [0.05, 0.1) is 30.7 Å². The Bertz CT molecular complexity index is 419. The largest absolute Gasteiger partial charge is 0.394 e. The van der Waals surface area contributed by atoms with Gasteiger partial charge in [-0.1, -0.05) is 0 Å². The Balaban J connectivity index is 2.12. The van der Waals surface area contributed by atoms with Crippen LogP contribution in [0.3, 0.4) is 0 Å². The molecule has 1 N–H and O–H groups in total. The SMILES string of the molecule is CC(=O)c1ccc(N2CC(C)OC(CO)C2)cn1. The first-order chi connectivity index (χ1) is 8.60. The van der Waals surface area contributed by atoms with Crippen LogP contribution in [0.4, 0.5) is 5.69 Å². The van der Waals surface area contributed by atoms with E-state index in [0.29, 0.717) is 12.2 Å². The minimum atomic E-state index is -0.166. The van der Waals surface area contributed by atoms with Gasteiger partial charge in [0.2, 0.25) is 0 Å². The number of pyridine rings is 1. The quantitative estimate of drug-likeness (QED) is 0.806. The van der Waals surface area contributed by atoms with Gasteiger partial charge in [0.15, 0.2) is 5.78 Å². The first-order valence-electron chi connectivity index (χ1n) is 6.08. The molecule has 1 aromatic heterocycles. The number of aliphatic hydroxyl groups is 1. The van der Waals surface area contributed by atoms with Gasteiger partial charge in [-0.15, -0.1) is 0 Å². The van der Waals surface area contributed by atoms with Gasteiger partial charge in [-0.2, -0.15) is 0 Å². The molecule has 1 aliphatic heterocycles. The van der Waals surface area contributed by atoms with E-state index in [4.69, 9.17) is 4.74 Å². The number of hydrogen-bond acceptors (Lipinski definition) is 5. The molecule has 0 aliphatic carbocycles. The molecule has 0 saturated carbocycles. The molecule has 2 heterocycles. The molecule has 1 aromatic rings. The molecule has 1 saturated heterocycles. The maximum absolute atomic E-state index is 11.2. The third-order valence-electron chi connectivity index (χ3n) is 3.00. The lowest BCUT2D eigenvalue weighted by atomic mass is 10.2. The van der Waals surface area contributed by atoms with Crippen molar-refractivity contribution in [3.8, 4) is 0 Å². The number of anilines is 1. The van der Waals surface area contributed by atoms with Crippen molar-refractivity contribution in [3.05, 3.63) is 24.0 Å². The number of aromatic nitrogens is 1. The zero-order valence-corrected chi connectivity index (χ0v) is 10.7. The molecule has 98 valence electrons. The summed E-state index contributed by atoms with van der Waals surface area (Å²) in [6.07, 6.45) is 1.60. The van der Waals surface area contributed by atoms with Crippen LogP contribution in [-0.2, 0) is 4.74 Å². The molecular formula is C13H18N2O3. The standard InChI is InChI=1S/C13H18N2O3/c1-9-6-15(7-12(8-16)18-9)11-3-4-13(10(2)17)14-5-11/h3-5,9,12,16H,6-8H2,1-2H3. The van der Waals surface area contributed by atoms with Crippen LogP contribution in [0.25, 0.3) is 0 Å². The molecule has 1 aliphatic rings. The number of nitrogens with zero attached hydrogens (tertiary/aromatic N) is 2. The third kappa shape index (κ3) is 2.86. The van der Waals surface area contributed by atoms with Gasteiger partial charge in [0.1, 0.15) is 5.69 Å². The van der Waals surface area contributed by atoms with Crippen LogP contribution >= 0.6 is 0 Å². The molecule has 5 heteroatoms. The number of ether oxygens (including phenoxy) is 1. The van der Waals surface area contributed by atoms with E-state index in [0.717, 1.165) is 12.2 Å². The summed E-state index contributed by atoms with van der Waals surface area (Å²) in [6.45, 7) is 4.89. The van der Waals surface area contributed by atoms with Crippen molar-refractivity contribution >= 4 is 11.5 Å². The average Bonchev–Trinajstić information content (AvgIpc) is 2.38. The molecule has 0 bridgehead atoms. The lowest BCUT2D eigenvalue weighted by Gasteiger charge is -2.37. The number of ketones is 1. The topological polar surface area (TPSA) is 62.7 Å². The molecule has 0 amide bonds. The van der Waals surface area contributed by atoms with Crippen molar-refractivity contribution in [1.82, 2.24) is 4.98 Å². The molecule has 2 unspecified atom stereocenters. The van der Waals surface area contributed by atoms with Gasteiger partial charge in [0.25, 0.3) is 0 Å². The van der Waals surface area contributed by atoms with Crippen molar-refractivity contribution in [2.24, 2.45) is 0 Å². The summed E-state index contributed by atoms with van der Waals surface area (Å²) in [5.41, 5.74) is 1.42. The van der Waals surface area contributed by atoms with E-state index >= 15 is 0 Å². The number of Topliss-reactive ketones (excluding diaryl/α,β-unsaturated/α-hetero) is 1. The van der Waals surface area contributed by atoms with Crippen molar-refractivity contribution < 1.29 is 14.6 Å². The molecule has 2 rings (SSSR count). The summed E-state index contributed by atoms with van der Waals surface area (Å²) >= 11 is 0. The molecule has 0 spiro atoms. The van der Waals surface area contributed by atoms with Crippen LogP contribution in [-0.4, -0.2) is 47.8 Å². The fourth-order valence-electron chi connectivity index (χ4n) is 2.14. The van der Waals surface area contributed by atoms with E-state index in [1.165, 1.54) is 6.92 Å². The highest BCUT2D eigenvalue weighted by molar-refractivity contribution is 5.92. The first-order valence-corrected chi connectivity index (χ1v) is 6.08. The summed E-state index contributed by atoms with van der Waals surface area (Å²) in [5.74, 6) is -0.0369. The Morgan fingerprint density at radius 3 is 2.89 bits per heavy atom. The molecular weight excluding hydrogens is 232 g/mol. The van der Waals surface area contributed by atoms with Crippen LogP contribution < -0.4 is 4.90 Å². The van der Waals surface area contributed by atoms with Gasteiger partial charge in [-0.05, 0) is 19.1 Å². The van der Waals surface area contributed by atoms with Crippen LogP contribution in [0, 0.1) is 0 Å². The number of hydrogen-bond donors (Lipinski definition) is 1. The summed E-state index contributed by atoms with van der Waals surface area (Å²) in [6, 6.07) is 3.61. The highest BCUT2D eigenvalue weighted by Crippen LogP contribution is 2.19. The predicted octanol–water partition coefficient (Wildman–Crippen LogP) is 0.870. The summed E-state index contributed by atoms with van der Waals surface area (Å²) in [5, 5.41) is 9.18. The Morgan fingerprint density at radius 1 is 1.56 bits per heavy atom. The van der Waals surface area contributed by atoms with Gasteiger partial charge in [-0.3, -0.25) is 9.78 Å². The molecule has 2 atom stereocenters. The van der Waals surface area contributed by atoms with Crippen molar-refractivity contribution in [2.45, 2.75) is 26.1 Å². The number of carbonyl (C=O) groups excluding carboxylic acids is 1. The molecule has 5 nitrogen and oxygen atoms in total. The van der Waals surface area contributed by atoms with E-state index in [1.807, 2.05) is 13.0 Å². The zero-order chi connectivity index (χ0) is 13.1. The van der Waals surface area contributed by atoms with Crippen molar-refractivity contribution in [3.63, 3.8) is 0 Å². The Hall–Kier alpha value is -1.46. The lowest BCUT2D eigenvalue weighted by molar-refractivity contribution is -0.0421. The Morgan fingerprint density at radius 2 is 2.33 bits per heavy atom. The van der Waals surface area contributed by atoms with Crippen molar-refractivity contribution in [2.75, 3.05) is 24.6 Å². The highest BCUT2D eigenvalue weighted by Gasteiger charge is 2.25. The number of morpholine rings is 1. The molecule has 0 aromatic carbocycles. The molecule has 18 heavy (non-hydrogen) atoms. The number of carbonyl (C=O) groups is 1. The predicted molar refractivity (Wildman–Crippen MR) is 67.9 cm³/mol. The Labute approximate surface area is 106 Å². The maximum atomic E-state index is 11.2. The fraction of sp³-hybridized carbons (Fsp3) is 0.538. The first kappa shape index (κ1) is 13.0. The molecule has 1 fully saturated rings. The fourth-order valence-corrected chi connectivity index (χ4v) is 2.14. The second-order valence-corrected chi connectivity index (χ2v) is 4.61. The van der Waals surface area contributed by atoms with E-state index in [9.17, 15) is 9.90 Å². The van der Waals surface area contributed by atoms with Gasteiger partial charge < -0.3 is 14.7 Å². The second kappa shape index (κ2) is 5.46. The molecule has 0 radical (unpaired) electrons. The lowest BCUT2D eigenvalue weighted by Crippen LogP contribution is -2.48. The zero-order valence-electron chi connectivity index (χ0n) is 10.7. The average molecular weight is 250 g/mol. The highest BCUT2D eigenvalue weighted by atomic mass is 16.5. The summed E-state index contributed by atoms with van der Waals surface area (Å²) in [4.78, 5) is 17.4. The minimum Gasteiger partial charge on any atom is -0.394 e. The second-order valence-electron chi connectivity index (χ2n) is 4.61. The van der Waals surface area contributed by atoms with E-state index in [1.54, 1.807) is 12.3 Å². The minimum absolute atomic E-state index is 0.0137. The normalized spacial score (nSPS) is 24.1. The Kier molecular flexibility index (Phi) is 3.93. The van der Waals surface area contributed by atoms with Crippen LogP contribution in [0.15, 0.2) is 18.3 Å². The summed E-state index contributed by atoms with van der Waals surface area (Å²) < 4.78 is 5.58. The number of rotatable bonds is 3. The van der Waals surface area contributed by atoms with E-state index < -0.39 is 0 Å². The van der Waals surface area contributed by atoms with E-state index in [-0.39, 0.29) is 24.6 Å². The number of aliphatic hydroxyl groups excluding tert-OH is 1. The van der Waals surface area contributed by atoms with Gasteiger partial charge in [0, 0.05) is 20.0 Å². The van der Waals surface area contributed by atoms with Crippen LogP contribution in [0.5, 0.6) is 0 Å². The van der Waals surface area contributed by atoms with Gasteiger partial charge >= 0.3 is 0 Å². The monoisotopic (exact) mass is 250 g/mol. The van der Waals surface area contributed by atoms with Crippen LogP contribution in [0.2, 0.25) is 0 Å². The maximum Gasteiger partial charge on any atom is 0.178 e. The smallest absolute Gasteiger partial charge is 0.178 e. The third-order valence-corrected chi connectivity index (χ3v) is 3.00. The van der Waals surface area contributed by atoms with E-state index in [2.05, 4.69) is 9.88 Å². The van der Waals surface area contributed by atoms with Crippen LogP contribution in [0.1, 0.15) is 24.3 Å².